The molecule has 0 rings (SSSR count). The molecule has 0 heterocycles. The maximum Gasteiger partial charge on any atom is 3.00 e. The molecule has 0 unspecified atom stereocenters. The van der Waals surface area contributed by atoms with Gasteiger partial charge in [0.25, 0.3) is 0 Å². The Kier molecular flexibility index (Phi) is 2710. The summed E-state index contributed by atoms with van der Waals surface area (Å²) >= 11 is 0. The Labute approximate surface area is 487 Å². The van der Waals surface area contributed by atoms with E-state index in [1.807, 2.05) is 0 Å². The molecule has 0 aliphatic rings. The quantitative estimate of drug-likeness (QED) is 0.237. The Bertz CT molecular complexity index is 28.0. The van der Waals surface area contributed by atoms with Gasteiger partial charge in [-0.25, -0.2) is 0 Å². The summed E-state index contributed by atoms with van der Waals surface area (Å²) in [4.78, 5) is 0. The molecule has 0 aromatic carbocycles. The summed E-state index contributed by atoms with van der Waals surface area (Å²) < 4.78 is 0. The first kappa shape index (κ1) is 285. The largest absolute Gasteiger partial charge is 3.00 e. The maximum atomic E-state index is 0. The minimum absolute atomic E-state index is 0. The van der Waals surface area contributed by atoms with Crippen LogP contribution in [0.3, 0.4) is 0 Å². The molecule has 0 radical (unpaired) electrons. The summed E-state index contributed by atoms with van der Waals surface area (Å²) in [6.07, 6.45) is 0. The van der Waals surface area contributed by atoms with E-state index in [1.54, 1.807) is 0 Å². The molecule has 28 heavy (non-hydrogen) atoms. The molecular formula is In14P14. The SMILES string of the molecule is [In+3].[In+3].[In+3].[In+3].[In+3].[In+3].[In+3].[In+3].[In+3].[In+3].[In+3].[In+3].[In+3].[In+3].[P-3].[P-3].[P-3].[P-3].[P-3].[P-3].[P-3].[P-3].[P-3].[P-3].[P-3].[P-3].[P-3].[P-3]. The molecule has 0 amide bonds. The van der Waals surface area contributed by atoms with Gasteiger partial charge in [0.05, 0.1) is 0 Å². The molecule has 0 atom stereocenters. The van der Waals surface area contributed by atoms with Gasteiger partial charge in [-0.15, -0.1) is 0 Å². The smallest absolute Gasteiger partial charge is 3.00 e. The molecule has 112 valence electrons. The molecular weight excluding hydrogens is 2040 g/mol. The average molecular weight is 2040 g/mol. The van der Waals surface area contributed by atoms with Gasteiger partial charge in [-0.05, 0) is 0 Å². The van der Waals surface area contributed by atoms with Crippen molar-refractivity contribution in [3.8, 4) is 0 Å². The molecule has 28 heteroatoms. The van der Waals surface area contributed by atoms with Gasteiger partial charge in [0.2, 0.25) is 0 Å². The summed E-state index contributed by atoms with van der Waals surface area (Å²) in [5.41, 5.74) is 0. The van der Waals surface area contributed by atoms with Gasteiger partial charge in [-0.2, -0.15) is 0 Å². The average Bonchev–Trinajstić information content (AvgIpc) is 0. The third kappa shape index (κ3) is 249. The van der Waals surface area contributed by atoms with Gasteiger partial charge < -0.3 is 139 Å². The van der Waals surface area contributed by atoms with Crippen LogP contribution >= 0.6 is 139 Å². The zero-order chi connectivity index (χ0) is 0. The topological polar surface area (TPSA) is 0 Å². The Hall–Kier alpha value is 18.2. The number of hydrogen-bond acceptors (Lipinski definition) is 0. The van der Waals surface area contributed by atoms with E-state index >= 15 is 0 Å². The second-order valence-corrected chi connectivity index (χ2v) is 0. The number of hydrogen-bond donors (Lipinski definition) is 0. The Morgan fingerprint density at radius 3 is 0.0714 bits per heavy atom. The van der Waals surface area contributed by atoms with E-state index in [-0.39, 0.29) is 500 Å². The van der Waals surface area contributed by atoms with Crippen molar-refractivity contribution in [3.63, 3.8) is 0 Å². The van der Waals surface area contributed by atoms with Crippen LogP contribution in [0.2, 0.25) is 0 Å². The van der Waals surface area contributed by atoms with Crippen molar-refractivity contribution in [3.05, 3.63) is 0 Å². The van der Waals surface area contributed by atoms with Crippen LogP contribution in [0.25, 0.3) is 0 Å². The second kappa shape index (κ2) is 267. The Morgan fingerprint density at radius 2 is 0.0714 bits per heavy atom. The van der Waals surface area contributed by atoms with Crippen molar-refractivity contribution in [2.24, 2.45) is 0 Å². The molecule has 0 nitrogen and oxygen atoms in total. The standard InChI is InChI=1S/14In.14P/q14*+3;14*-3. The molecule has 0 fully saturated rings. The van der Waals surface area contributed by atoms with E-state index in [9.17, 15) is 0 Å². The fourth-order valence-electron chi connectivity index (χ4n) is 0. The monoisotopic (exact) mass is 2040 g/mol. The molecule has 0 N–H and O–H groups in total. The molecule has 0 aliphatic heterocycles. The summed E-state index contributed by atoms with van der Waals surface area (Å²) in [6.45, 7) is 0. The van der Waals surface area contributed by atoms with Crippen LogP contribution in [0.5, 0.6) is 0 Å². The third-order valence-electron chi connectivity index (χ3n) is 0. The van der Waals surface area contributed by atoms with E-state index in [1.165, 1.54) is 0 Å². The van der Waals surface area contributed by atoms with Crippen LogP contribution in [0.4, 0.5) is 0 Å². The van der Waals surface area contributed by atoms with Gasteiger partial charge >= 0.3 is 362 Å². The van der Waals surface area contributed by atoms with E-state index in [2.05, 4.69) is 0 Å². The fourth-order valence-corrected chi connectivity index (χ4v) is 0. The second-order valence-electron chi connectivity index (χ2n) is 0. The van der Waals surface area contributed by atoms with E-state index < -0.39 is 0 Å². The molecule has 0 aliphatic carbocycles. The first-order valence-electron chi connectivity index (χ1n) is 0. The maximum absolute atomic E-state index is 0. The van der Waals surface area contributed by atoms with Crippen molar-refractivity contribution in [1.82, 2.24) is 0 Å². The Balaban J connectivity index is 0. The van der Waals surface area contributed by atoms with E-state index in [4.69, 9.17) is 0 Å². The third-order valence-corrected chi connectivity index (χ3v) is 0. The first-order chi connectivity index (χ1) is 0. The van der Waals surface area contributed by atoms with Gasteiger partial charge in [0.15, 0.2) is 0 Å². The summed E-state index contributed by atoms with van der Waals surface area (Å²) in [7, 11) is 0. The predicted molar refractivity (Wildman–Crippen MR) is 177 cm³/mol. The van der Waals surface area contributed by atoms with Crippen LogP contribution in [-0.2, 0) is 0 Å². The van der Waals surface area contributed by atoms with Crippen LogP contribution in [0.15, 0.2) is 0 Å². The molecule has 0 bridgehead atoms. The molecule has 0 spiro atoms. The summed E-state index contributed by atoms with van der Waals surface area (Å²) in [6, 6.07) is 0. The van der Waals surface area contributed by atoms with Crippen LogP contribution < -0.4 is 0 Å². The first-order valence-corrected chi connectivity index (χ1v) is 0. The molecule has 0 aromatic rings. The molecule has 0 saturated carbocycles. The van der Waals surface area contributed by atoms with Crippen LogP contribution in [0, 0.1) is 0 Å². The van der Waals surface area contributed by atoms with Gasteiger partial charge in [0.1, 0.15) is 0 Å². The van der Waals surface area contributed by atoms with E-state index in [0.29, 0.717) is 0 Å². The number of rotatable bonds is 0. The van der Waals surface area contributed by atoms with Crippen molar-refractivity contribution in [2.45, 2.75) is 0 Å². The molecule has 0 saturated heterocycles. The van der Waals surface area contributed by atoms with Crippen molar-refractivity contribution >= 4 is 500 Å². The zero-order valence-corrected chi connectivity index (χ0v) is 73.0. The molecule has 0 aromatic heterocycles. The fraction of sp³-hybridized carbons (Fsp3) is 0. The van der Waals surface area contributed by atoms with E-state index in [0.717, 1.165) is 0 Å². The zero-order valence-electron chi connectivity index (χ0n) is 14.3. The summed E-state index contributed by atoms with van der Waals surface area (Å²) in [5, 5.41) is 0. The predicted octanol–water partition coefficient (Wildman–Crippen LogP) is 6.73. The van der Waals surface area contributed by atoms with Crippen molar-refractivity contribution in [1.29, 1.82) is 0 Å². The van der Waals surface area contributed by atoms with Crippen molar-refractivity contribution < 1.29 is 0 Å². The normalized spacial score (nSPS) is 0. The van der Waals surface area contributed by atoms with Gasteiger partial charge in [0, 0.05) is 0 Å². The van der Waals surface area contributed by atoms with Crippen LogP contribution in [0.1, 0.15) is 0 Å². The minimum atomic E-state index is 0. The Morgan fingerprint density at radius 1 is 0.0714 bits per heavy atom. The minimum Gasteiger partial charge on any atom is -3.00 e. The van der Waals surface area contributed by atoms with Crippen molar-refractivity contribution in [2.75, 3.05) is 0 Å². The summed E-state index contributed by atoms with van der Waals surface area (Å²) in [5.74, 6) is 0. The van der Waals surface area contributed by atoms with Crippen LogP contribution in [-0.4, -0.2) is 362 Å². The van der Waals surface area contributed by atoms with Gasteiger partial charge in [-0.3, -0.25) is 0 Å². The van der Waals surface area contributed by atoms with Gasteiger partial charge in [-0.1, -0.05) is 0 Å².